The predicted octanol–water partition coefficient (Wildman–Crippen LogP) is 6.74. The van der Waals surface area contributed by atoms with Gasteiger partial charge in [0, 0.05) is 37.4 Å². The molecule has 3 rings (SSSR count). The minimum absolute atomic E-state index is 0.0527. The first-order valence-corrected chi connectivity index (χ1v) is 14.6. The number of likely N-dealkylation sites (N-methyl/N-ethyl adjacent to an activating group) is 1. The number of hydrogen-bond donors (Lipinski definition) is 1. The van der Waals surface area contributed by atoms with Crippen LogP contribution in [0.3, 0.4) is 0 Å². The quantitative estimate of drug-likeness (QED) is 0.221. The lowest BCUT2D eigenvalue weighted by molar-refractivity contribution is -0.141. The van der Waals surface area contributed by atoms with Crippen LogP contribution in [0.4, 0.5) is 13.2 Å². The Bertz CT molecular complexity index is 1430. The molecule has 0 aliphatic heterocycles. The normalized spacial score (nSPS) is 13.4. The summed E-state index contributed by atoms with van der Waals surface area (Å²) in [6, 6.07) is 14.0. The summed E-state index contributed by atoms with van der Waals surface area (Å²) >= 11 is 0. The summed E-state index contributed by atoms with van der Waals surface area (Å²) in [5.41, 5.74) is 3.79. The van der Waals surface area contributed by atoms with Crippen LogP contribution in [-0.4, -0.2) is 49.7 Å². The monoisotopic (exact) mass is 599 g/mol. The zero-order chi connectivity index (χ0) is 31.9. The summed E-state index contributed by atoms with van der Waals surface area (Å²) in [5.74, 6) is -0.231. The van der Waals surface area contributed by atoms with Gasteiger partial charge in [-0.3, -0.25) is 9.59 Å². The smallest absolute Gasteiger partial charge is 0.416 e. The number of alkyl halides is 3. The lowest BCUT2D eigenvalue weighted by Gasteiger charge is -2.27. The molecule has 0 aliphatic rings. The second kappa shape index (κ2) is 14.8. The minimum atomic E-state index is -4.63. The van der Waals surface area contributed by atoms with Gasteiger partial charge >= 0.3 is 12.1 Å². The average molecular weight is 600 g/mol. The molecule has 0 fully saturated rings. The lowest BCUT2D eigenvalue weighted by Crippen LogP contribution is -2.36. The highest BCUT2D eigenvalue weighted by molar-refractivity contribution is 5.73. The number of nitrogens with one attached hydrogen (secondary N) is 1. The molecule has 0 saturated carbocycles. The van der Waals surface area contributed by atoms with Gasteiger partial charge in [-0.25, -0.2) is 0 Å². The SMILES string of the molecule is COC(=O)C[C@H](NC[C@H](CC(C)C)n1cc(CCN(C)C)c(C(F)(F)F)cc1=O)c1cccc(-c2c(C)cccc2C)c1. The molecule has 2 atom stereocenters. The molecule has 0 saturated heterocycles. The number of hydrogen-bond acceptors (Lipinski definition) is 5. The van der Waals surface area contributed by atoms with Gasteiger partial charge in [0.1, 0.15) is 0 Å². The second-order valence-corrected chi connectivity index (χ2v) is 11.9. The topological polar surface area (TPSA) is 63.6 Å². The van der Waals surface area contributed by atoms with Crippen LogP contribution < -0.4 is 10.9 Å². The fourth-order valence-corrected chi connectivity index (χ4v) is 5.54. The van der Waals surface area contributed by atoms with Gasteiger partial charge in [-0.15, -0.1) is 0 Å². The van der Waals surface area contributed by atoms with E-state index < -0.39 is 35.4 Å². The van der Waals surface area contributed by atoms with E-state index in [1.165, 1.54) is 17.9 Å². The molecule has 43 heavy (non-hydrogen) atoms. The van der Waals surface area contributed by atoms with E-state index >= 15 is 0 Å². The number of carbonyl (C=O) groups excluding carboxylic acids is 1. The van der Waals surface area contributed by atoms with E-state index in [1.807, 2.05) is 43.0 Å². The fourth-order valence-electron chi connectivity index (χ4n) is 5.54. The fraction of sp³-hybridized carbons (Fsp3) is 0.471. The first-order valence-electron chi connectivity index (χ1n) is 14.6. The van der Waals surface area contributed by atoms with Crippen molar-refractivity contribution in [3.8, 4) is 11.1 Å². The molecule has 234 valence electrons. The zero-order valence-electron chi connectivity index (χ0n) is 26.2. The van der Waals surface area contributed by atoms with Gasteiger partial charge in [0.15, 0.2) is 0 Å². The average Bonchev–Trinajstić information content (AvgIpc) is 2.92. The molecule has 6 nitrogen and oxygen atoms in total. The number of aromatic nitrogens is 1. The third-order valence-corrected chi connectivity index (χ3v) is 7.69. The van der Waals surface area contributed by atoms with Crippen molar-refractivity contribution in [2.45, 2.75) is 65.2 Å². The van der Waals surface area contributed by atoms with Gasteiger partial charge in [0.2, 0.25) is 0 Å². The van der Waals surface area contributed by atoms with E-state index in [2.05, 4.69) is 37.4 Å². The molecule has 1 N–H and O–H groups in total. The van der Waals surface area contributed by atoms with Crippen molar-refractivity contribution in [2.75, 3.05) is 34.3 Å². The summed E-state index contributed by atoms with van der Waals surface area (Å²) in [7, 11) is 4.93. The molecule has 9 heteroatoms. The maximum atomic E-state index is 13.9. The molecule has 1 heterocycles. The maximum absolute atomic E-state index is 13.9. The van der Waals surface area contributed by atoms with Crippen molar-refractivity contribution >= 4 is 5.97 Å². The van der Waals surface area contributed by atoms with E-state index in [0.29, 0.717) is 13.0 Å². The van der Waals surface area contributed by atoms with Crippen molar-refractivity contribution in [3.05, 3.63) is 92.9 Å². The minimum Gasteiger partial charge on any atom is -0.469 e. The van der Waals surface area contributed by atoms with Crippen LogP contribution >= 0.6 is 0 Å². The van der Waals surface area contributed by atoms with Crippen LogP contribution in [0.5, 0.6) is 0 Å². The van der Waals surface area contributed by atoms with Crippen LogP contribution in [0.1, 0.15) is 66.6 Å². The Morgan fingerprint density at radius 3 is 2.28 bits per heavy atom. The molecular formula is C34H44F3N3O3. The van der Waals surface area contributed by atoms with E-state index in [9.17, 15) is 22.8 Å². The zero-order valence-corrected chi connectivity index (χ0v) is 26.2. The number of benzene rings is 2. The van der Waals surface area contributed by atoms with Crippen molar-refractivity contribution in [1.82, 2.24) is 14.8 Å². The Morgan fingerprint density at radius 1 is 1.05 bits per heavy atom. The highest BCUT2D eigenvalue weighted by Crippen LogP contribution is 2.33. The van der Waals surface area contributed by atoms with Crippen molar-refractivity contribution in [2.24, 2.45) is 5.92 Å². The van der Waals surface area contributed by atoms with Crippen LogP contribution in [0.2, 0.25) is 0 Å². The second-order valence-electron chi connectivity index (χ2n) is 11.9. The number of rotatable bonds is 13. The summed E-state index contributed by atoms with van der Waals surface area (Å²) in [6.45, 7) is 8.82. The lowest BCUT2D eigenvalue weighted by atomic mass is 9.92. The Hall–Kier alpha value is -3.43. The van der Waals surface area contributed by atoms with Crippen LogP contribution in [-0.2, 0) is 22.1 Å². The number of ether oxygens (including phenoxy) is 1. The summed E-state index contributed by atoms with van der Waals surface area (Å²) in [4.78, 5) is 27.4. The van der Waals surface area contributed by atoms with Crippen molar-refractivity contribution < 1.29 is 22.7 Å². The molecule has 0 spiro atoms. The molecule has 0 amide bonds. The molecule has 0 radical (unpaired) electrons. The first kappa shape index (κ1) is 34.1. The summed E-state index contributed by atoms with van der Waals surface area (Å²) in [6.07, 6.45) is -2.49. The number of esters is 1. The number of methoxy groups -OCH3 is 1. The largest absolute Gasteiger partial charge is 0.469 e. The maximum Gasteiger partial charge on any atom is 0.416 e. The number of aryl methyl sites for hydroxylation is 2. The third kappa shape index (κ3) is 9.28. The van der Waals surface area contributed by atoms with Gasteiger partial charge in [-0.2, -0.15) is 13.2 Å². The number of pyridine rings is 1. The molecular weight excluding hydrogens is 555 g/mol. The van der Waals surface area contributed by atoms with Gasteiger partial charge in [-0.1, -0.05) is 50.2 Å². The van der Waals surface area contributed by atoms with Crippen LogP contribution in [0.15, 0.2) is 59.5 Å². The van der Waals surface area contributed by atoms with Crippen LogP contribution in [0.25, 0.3) is 11.1 Å². The van der Waals surface area contributed by atoms with Gasteiger partial charge < -0.3 is 19.5 Å². The Balaban J connectivity index is 2.01. The highest BCUT2D eigenvalue weighted by atomic mass is 19.4. The van der Waals surface area contributed by atoms with Gasteiger partial charge in [0.05, 0.1) is 19.1 Å². The Morgan fingerprint density at radius 2 is 1.70 bits per heavy atom. The number of carbonyl (C=O) groups is 1. The molecule has 0 unspecified atom stereocenters. The standard InChI is InChI=1S/C34H44F3N3O3/c1-22(2)16-28(40-21-27(14-15-39(5)6)29(18-31(40)41)34(35,36)37)20-38-30(19-32(42)43-7)25-12-9-13-26(17-25)33-23(3)10-8-11-24(33)4/h8-13,17-18,21-22,28,30,38H,14-16,19-20H2,1-7H3/t28-,30-/m0/s1. The van der Waals surface area contributed by atoms with Crippen molar-refractivity contribution in [3.63, 3.8) is 0 Å². The van der Waals surface area contributed by atoms with Gasteiger partial charge in [0.25, 0.3) is 5.56 Å². The van der Waals surface area contributed by atoms with E-state index in [1.54, 1.807) is 14.1 Å². The first-order chi connectivity index (χ1) is 20.2. The van der Waals surface area contributed by atoms with E-state index in [4.69, 9.17) is 4.74 Å². The van der Waals surface area contributed by atoms with E-state index in [-0.39, 0.29) is 30.9 Å². The number of nitrogens with zero attached hydrogens (tertiary/aromatic N) is 2. The number of halogens is 3. The third-order valence-electron chi connectivity index (χ3n) is 7.69. The molecule has 0 aliphatic carbocycles. The molecule has 2 aromatic carbocycles. The molecule has 1 aromatic heterocycles. The Kier molecular flexibility index (Phi) is 11.8. The van der Waals surface area contributed by atoms with Gasteiger partial charge in [-0.05, 0) is 86.1 Å². The summed E-state index contributed by atoms with van der Waals surface area (Å²) < 4.78 is 48.1. The molecule has 3 aromatic rings. The Labute approximate surface area is 252 Å². The summed E-state index contributed by atoms with van der Waals surface area (Å²) in [5, 5.41) is 3.46. The highest BCUT2D eigenvalue weighted by Gasteiger charge is 2.35. The van der Waals surface area contributed by atoms with Crippen LogP contribution in [0, 0.1) is 19.8 Å². The molecule has 0 bridgehead atoms. The van der Waals surface area contributed by atoms with E-state index in [0.717, 1.165) is 33.9 Å². The predicted molar refractivity (Wildman–Crippen MR) is 165 cm³/mol. The van der Waals surface area contributed by atoms with Crippen molar-refractivity contribution in [1.29, 1.82) is 0 Å².